The van der Waals surface area contributed by atoms with Gasteiger partial charge in [-0.15, -0.1) is 0 Å². The Morgan fingerprint density at radius 3 is 2.11 bits per heavy atom. The maximum Gasteiger partial charge on any atom is 0.322 e. The summed E-state index contributed by atoms with van der Waals surface area (Å²) < 4.78 is 0. The fourth-order valence-corrected chi connectivity index (χ4v) is 4.41. The fraction of sp³-hybridized carbons (Fsp3) is 0.207. The van der Waals surface area contributed by atoms with Crippen molar-refractivity contribution in [1.82, 2.24) is 10.2 Å². The molecule has 0 aliphatic carbocycles. The van der Waals surface area contributed by atoms with Crippen molar-refractivity contribution < 1.29 is 24.6 Å². The van der Waals surface area contributed by atoms with E-state index in [0.717, 1.165) is 22.3 Å². The lowest BCUT2D eigenvalue weighted by Crippen LogP contribution is -2.48. The number of hydrogen-bond acceptors (Lipinski definition) is 4. The number of carboxylic acids is 1. The molecular formula is C29H28N2O5. The number of carbonyl (C=O) groups excluding carboxylic acids is 2. The Hall–Kier alpha value is -4.39. The summed E-state index contributed by atoms with van der Waals surface area (Å²) >= 11 is 0. The molecule has 1 heterocycles. The third-order valence-electron chi connectivity index (χ3n) is 6.28. The highest BCUT2D eigenvalue weighted by Crippen LogP contribution is 2.29. The number of carboxylic acid groups (broad SMARTS) is 1. The molecule has 184 valence electrons. The highest BCUT2D eigenvalue weighted by Gasteiger charge is 2.37. The van der Waals surface area contributed by atoms with Gasteiger partial charge in [0.25, 0.3) is 11.8 Å². The van der Waals surface area contributed by atoms with Gasteiger partial charge in [0, 0.05) is 19.0 Å². The third kappa shape index (κ3) is 5.99. The van der Waals surface area contributed by atoms with Crippen molar-refractivity contribution >= 4 is 17.8 Å². The minimum atomic E-state index is -1.23. The second-order valence-electron chi connectivity index (χ2n) is 8.78. The minimum absolute atomic E-state index is 0.122. The number of aliphatic hydroxyl groups is 1. The van der Waals surface area contributed by atoms with Crippen LogP contribution in [0.4, 0.5) is 0 Å². The van der Waals surface area contributed by atoms with Crippen LogP contribution in [0.1, 0.15) is 24.0 Å². The summed E-state index contributed by atoms with van der Waals surface area (Å²) in [5.74, 6) is -3.03. The van der Waals surface area contributed by atoms with Crippen molar-refractivity contribution in [2.75, 3.05) is 6.54 Å². The summed E-state index contributed by atoms with van der Waals surface area (Å²) in [4.78, 5) is 38.5. The second kappa shape index (κ2) is 11.4. The lowest BCUT2D eigenvalue weighted by atomic mass is 9.93. The first-order valence-electron chi connectivity index (χ1n) is 11.8. The zero-order valence-electron chi connectivity index (χ0n) is 19.8. The van der Waals surface area contributed by atoms with Crippen LogP contribution >= 0.6 is 0 Å². The minimum Gasteiger partial charge on any atom is -0.511 e. The molecule has 0 spiro atoms. The Kier molecular flexibility index (Phi) is 7.80. The number of rotatable bonds is 9. The van der Waals surface area contributed by atoms with Crippen LogP contribution in [-0.2, 0) is 27.3 Å². The van der Waals surface area contributed by atoms with Crippen LogP contribution < -0.4 is 5.32 Å². The Labute approximate surface area is 209 Å². The molecule has 1 atom stereocenters. The SMILES string of the molecule is O=C(O)CNC(=O)C1=C(O)CC(CCc2ccccc2)N(Cc2ccc(-c3ccccc3)cc2)C1=O. The van der Waals surface area contributed by atoms with Gasteiger partial charge in [-0.05, 0) is 35.1 Å². The first kappa shape index (κ1) is 24.7. The summed E-state index contributed by atoms with van der Waals surface area (Å²) in [6.45, 7) is -0.377. The van der Waals surface area contributed by atoms with Gasteiger partial charge in [0.1, 0.15) is 17.9 Å². The molecule has 0 fully saturated rings. The maximum atomic E-state index is 13.4. The molecule has 7 heteroatoms. The van der Waals surface area contributed by atoms with Gasteiger partial charge in [-0.1, -0.05) is 84.9 Å². The van der Waals surface area contributed by atoms with Gasteiger partial charge >= 0.3 is 5.97 Å². The summed E-state index contributed by atoms with van der Waals surface area (Å²) in [7, 11) is 0. The van der Waals surface area contributed by atoms with E-state index in [2.05, 4.69) is 5.32 Å². The topological polar surface area (TPSA) is 107 Å². The number of aliphatic hydroxyl groups excluding tert-OH is 1. The number of hydrogen-bond donors (Lipinski definition) is 3. The van der Waals surface area contributed by atoms with Crippen LogP contribution in [0.5, 0.6) is 0 Å². The smallest absolute Gasteiger partial charge is 0.322 e. The number of amides is 2. The molecule has 0 bridgehead atoms. The lowest BCUT2D eigenvalue weighted by Gasteiger charge is -2.36. The van der Waals surface area contributed by atoms with Crippen LogP contribution in [0.15, 0.2) is 96.3 Å². The van der Waals surface area contributed by atoms with Crippen LogP contribution in [0.25, 0.3) is 11.1 Å². The molecule has 3 N–H and O–H groups in total. The van der Waals surface area contributed by atoms with E-state index in [4.69, 9.17) is 5.11 Å². The molecule has 3 aromatic carbocycles. The zero-order chi connectivity index (χ0) is 25.5. The van der Waals surface area contributed by atoms with E-state index in [0.29, 0.717) is 12.8 Å². The molecule has 0 saturated heterocycles. The number of benzene rings is 3. The Morgan fingerprint density at radius 2 is 1.47 bits per heavy atom. The van der Waals surface area contributed by atoms with Gasteiger partial charge in [0.15, 0.2) is 0 Å². The predicted octanol–water partition coefficient (Wildman–Crippen LogP) is 4.10. The van der Waals surface area contributed by atoms with E-state index in [1.807, 2.05) is 84.9 Å². The van der Waals surface area contributed by atoms with Crippen molar-refractivity contribution in [3.05, 3.63) is 107 Å². The molecule has 1 aliphatic heterocycles. The standard InChI is InChI=1S/C29H28N2O5/c32-25-17-24(16-13-20-7-3-1-4-8-20)31(29(36)27(25)28(35)30-18-26(33)34)19-21-11-14-23(15-12-21)22-9-5-2-6-10-22/h1-12,14-15,24,32H,13,16-19H2,(H,30,35)(H,33,34). The van der Waals surface area contributed by atoms with Gasteiger partial charge in [-0.2, -0.15) is 0 Å². The molecule has 4 rings (SSSR count). The van der Waals surface area contributed by atoms with Crippen LogP contribution in [0, 0.1) is 0 Å². The monoisotopic (exact) mass is 484 g/mol. The number of aliphatic carboxylic acids is 1. The zero-order valence-corrected chi connectivity index (χ0v) is 19.8. The van der Waals surface area contributed by atoms with Crippen molar-refractivity contribution in [3.63, 3.8) is 0 Å². The average Bonchev–Trinajstić information content (AvgIpc) is 2.89. The molecule has 7 nitrogen and oxygen atoms in total. The predicted molar refractivity (Wildman–Crippen MR) is 136 cm³/mol. The van der Waals surface area contributed by atoms with E-state index in [1.165, 1.54) is 0 Å². The Balaban J connectivity index is 1.57. The van der Waals surface area contributed by atoms with Crippen LogP contribution in [-0.4, -0.2) is 45.5 Å². The second-order valence-corrected chi connectivity index (χ2v) is 8.78. The molecule has 1 unspecified atom stereocenters. The van der Waals surface area contributed by atoms with Crippen molar-refractivity contribution in [1.29, 1.82) is 0 Å². The third-order valence-corrected chi connectivity index (χ3v) is 6.28. The summed E-state index contributed by atoms with van der Waals surface area (Å²) in [6, 6.07) is 27.4. The largest absolute Gasteiger partial charge is 0.511 e. The number of carbonyl (C=O) groups is 3. The van der Waals surface area contributed by atoms with E-state index in [9.17, 15) is 19.5 Å². The number of aryl methyl sites for hydroxylation is 1. The van der Waals surface area contributed by atoms with Gasteiger partial charge in [0.2, 0.25) is 0 Å². The van der Waals surface area contributed by atoms with E-state index < -0.39 is 29.9 Å². The Bertz CT molecular complexity index is 1250. The van der Waals surface area contributed by atoms with E-state index >= 15 is 0 Å². The van der Waals surface area contributed by atoms with Gasteiger partial charge < -0.3 is 20.4 Å². The summed E-state index contributed by atoms with van der Waals surface area (Å²) in [5.41, 5.74) is 3.75. The summed E-state index contributed by atoms with van der Waals surface area (Å²) in [5, 5.41) is 21.7. The van der Waals surface area contributed by atoms with Crippen LogP contribution in [0.3, 0.4) is 0 Å². The molecule has 1 aliphatic rings. The van der Waals surface area contributed by atoms with Crippen LogP contribution in [0.2, 0.25) is 0 Å². The highest BCUT2D eigenvalue weighted by molar-refractivity contribution is 6.19. The van der Waals surface area contributed by atoms with Gasteiger partial charge in [0.05, 0.1) is 0 Å². The first-order valence-corrected chi connectivity index (χ1v) is 11.8. The van der Waals surface area contributed by atoms with Crippen molar-refractivity contribution in [3.8, 4) is 11.1 Å². The Morgan fingerprint density at radius 1 is 0.861 bits per heavy atom. The molecule has 0 saturated carbocycles. The van der Waals surface area contributed by atoms with E-state index in [1.54, 1.807) is 4.90 Å². The van der Waals surface area contributed by atoms with Gasteiger partial charge in [-0.25, -0.2) is 0 Å². The van der Waals surface area contributed by atoms with Gasteiger partial charge in [-0.3, -0.25) is 14.4 Å². The number of nitrogens with one attached hydrogen (secondary N) is 1. The van der Waals surface area contributed by atoms with E-state index in [-0.39, 0.29) is 24.8 Å². The quantitative estimate of drug-likeness (QED) is 0.397. The molecular weight excluding hydrogens is 456 g/mol. The fourth-order valence-electron chi connectivity index (χ4n) is 4.41. The maximum absolute atomic E-state index is 13.4. The van der Waals surface area contributed by atoms with Crippen molar-refractivity contribution in [2.45, 2.75) is 31.8 Å². The molecule has 0 aromatic heterocycles. The number of nitrogens with zero attached hydrogens (tertiary/aromatic N) is 1. The van der Waals surface area contributed by atoms with Crippen molar-refractivity contribution in [2.24, 2.45) is 0 Å². The molecule has 0 radical (unpaired) electrons. The average molecular weight is 485 g/mol. The first-order chi connectivity index (χ1) is 17.4. The normalized spacial score (nSPS) is 15.6. The molecule has 3 aromatic rings. The lowest BCUT2D eigenvalue weighted by molar-refractivity contribution is -0.139. The highest BCUT2D eigenvalue weighted by atomic mass is 16.4. The summed E-state index contributed by atoms with van der Waals surface area (Å²) in [6.07, 6.45) is 1.43. The molecule has 2 amide bonds. The molecule has 36 heavy (non-hydrogen) atoms.